The average Bonchev–Trinajstić information content (AvgIpc) is 2.59. The van der Waals surface area contributed by atoms with Crippen LogP contribution in [0.1, 0.15) is 84.5 Å². The van der Waals surface area contributed by atoms with Crippen LogP contribution in [0, 0.1) is 0 Å². The highest BCUT2D eigenvalue weighted by molar-refractivity contribution is 7.88. The molecule has 31 heavy (non-hydrogen) atoms. The summed E-state index contributed by atoms with van der Waals surface area (Å²) in [5.41, 5.74) is -1.51. The van der Waals surface area contributed by atoms with Gasteiger partial charge in [0.25, 0.3) is 0 Å². The third-order valence-corrected chi connectivity index (χ3v) is 7.65. The molecular weight excluding hydrogens is 420 g/mol. The largest absolute Gasteiger partial charge is 0.476 e. The highest BCUT2D eigenvalue weighted by atomic mass is 32.2. The quantitative estimate of drug-likeness (QED) is 0.138. The van der Waals surface area contributed by atoms with E-state index in [-0.39, 0.29) is 10.9 Å². The van der Waals surface area contributed by atoms with Crippen LogP contribution in [0.4, 0.5) is 0 Å². The Bertz CT molecular complexity index is 606. The molecule has 2 N–H and O–H groups in total. The number of quaternary nitrogens is 1. The maximum atomic E-state index is 13.0. The Labute approximate surface area is 190 Å². The summed E-state index contributed by atoms with van der Waals surface area (Å²) in [6.45, 7) is 3.69. The second-order valence-electron chi connectivity index (χ2n) is 9.73. The van der Waals surface area contributed by atoms with Crippen molar-refractivity contribution in [2.75, 3.05) is 35.2 Å². The number of likely N-dealkylation sites (N-methyl/N-ethyl adjacent to an activating group) is 2. The van der Waals surface area contributed by atoms with Crippen LogP contribution in [-0.4, -0.2) is 86.4 Å². The summed E-state index contributed by atoms with van der Waals surface area (Å²) in [6.07, 6.45) is 10.5. The van der Waals surface area contributed by atoms with Gasteiger partial charge in [-0.2, -0.15) is 8.42 Å². The topological polar surface area (TPSA) is 104 Å². The van der Waals surface area contributed by atoms with Gasteiger partial charge in [0, 0.05) is 0 Å². The van der Waals surface area contributed by atoms with Gasteiger partial charge in [-0.25, -0.2) is 8.98 Å². The minimum absolute atomic E-state index is 0.289. The molecule has 0 fully saturated rings. The third kappa shape index (κ3) is 10.2. The van der Waals surface area contributed by atoms with Crippen LogP contribution in [0.15, 0.2) is 0 Å². The predicted molar refractivity (Wildman–Crippen MR) is 124 cm³/mol. The molecule has 0 aromatic rings. The van der Waals surface area contributed by atoms with E-state index in [1.165, 1.54) is 71.5 Å². The minimum Gasteiger partial charge on any atom is -0.476 e. The Morgan fingerprint density at radius 1 is 0.968 bits per heavy atom. The van der Waals surface area contributed by atoms with Crippen molar-refractivity contribution in [1.82, 2.24) is 4.90 Å². The first-order chi connectivity index (χ1) is 14.2. The van der Waals surface area contributed by atoms with Crippen LogP contribution >= 0.6 is 0 Å². The van der Waals surface area contributed by atoms with Gasteiger partial charge >= 0.3 is 21.5 Å². The van der Waals surface area contributed by atoms with Crippen molar-refractivity contribution in [1.29, 1.82) is 0 Å². The van der Waals surface area contributed by atoms with Crippen LogP contribution in [0.5, 0.6) is 0 Å². The Kier molecular flexibility index (Phi) is 13.4. The van der Waals surface area contributed by atoms with Crippen LogP contribution in [0.25, 0.3) is 0 Å². The summed E-state index contributed by atoms with van der Waals surface area (Å²) in [7, 11) is 3.22. The van der Waals surface area contributed by atoms with Crippen LogP contribution in [-0.2, 0) is 19.1 Å². The van der Waals surface area contributed by atoms with E-state index in [0.29, 0.717) is 6.42 Å². The van der Waals surface area contributed by atoms with Crippen LogP contribution in [0.3, 0.4) is 0 Å². The molecule has 9 heteroatoms. The maximum Gasteiger partial charge on any atom is 0.381 e. The lowest BCUT2D eigenvalue weighted by Crippen LogP contribution is -2.61. The molecule has 0 saturated carbocycles. The van der Waals surface area contributed by atoms with Crippen molar-refractivity contribution in [3.8, 4) is 0 Å². The normalized spacial score (nSPS) is 16.8. The van der Waals surface area contributed by atoms with E-state index in [1.54, 1.807) is 14.1 Å². The Morgan fingerprint density at radius 2 is 1.39 bits per heavy atom. The Morgan fingerprint density at radius 3 is 1.71 bits per heavy atom. The Hall–Kier alpha value is -0.740. The minimum atomic E-state index is -4.52. The summed E-state index contributed by atoms with van der Waals surface area (Å²) in [5, 5.41) is 18.2. The number of hydrogen-bond acceptors (Lipinski definition) is 6. The SMILES string of the molecule is CCCCCCCCCCCCC(OS(=O)(=O)C(C(=O)O)[N+](C)(C)C)(C(C)O)N(C)C. The van der Waals surface area contributed by atoms with E-state index in [1.807, 2.05) is 0 Å². The lowest BCUT2D eigenvalue weighted by molar-refractivity contribution is -0.874. The molecule has 0 rings (SSSR count). The predicted octanol–water partition coefficient (Wildman–Crippen LogP) is 3.40. The molecule has 0 aliphatic carbocycles. The van der Waals surface area contributed by atoms with Gasteiger partial charge in [0.2, 0.25) is 0 Å². The first-order valence-corrected chi connectivity index (χ1v) is 13.0. The summed E-state index contributed by atoms with van der Waals surface area (Å²) in [5.74, 6) is -1.48. The molecule has 3 unspecified atom stereocenters. The highest BCUT2D eigenvalue weighted by Crippen LogP contribution is 2.31. The second-order valence-corrected chi connectivity index (χ2v) is 11.3. The molecule has 0 amide bonds. The zero-order chi connectivity index (χ0) is 24.3. The molecule has 0 aliphatic rings. The molecule has 3 atom stereocenters. The number of carbonyl (C=O) groups is 1. The molecular formula is C22H47N2O6S+. The van der Waals surface area contributed by atoms with E-state index in [0.717, 1.165) is 19.3 Å². The summed E-state index contributed by atoms with van der Waals surface area (Å²) in [4.78, 5) is 13.3. The summed E-state index contributed by atoms with van der Waals surface area (Å²) >= 11 is 0. The number of nitrogens with zero attached hydrogens (tertiary/aromatic N) is 2. The van der Waals surface area contributed by atoms with Crippen LogP contribution in [0.2, 0.25) is 0 Å². The van der Waals surface area contributed by atoms with E-state index >= 15 is 0 Å². The maximum absolute atomic E-state index is 13.0. The van der Waals surface area contributed by atoms with Crippen molar-refractivity contribution in [2.45, 2.75) is 102 Å². The summed E-state index contributed by atoms with van der Waals surface area (Å²) < 4.78 is 31.1. The monoisotopic (exact) mass is 467 g/mol. The molecule has 0 heterocycles. The van der Waals surface area contributed by atoms with E-state index < -0.39 is 33.3 Å². The number of unbranched alkanes of at least 4 members (excludes halogenated alkanes) is 9. The Balaban J connectivity index is 5.05. The zero-order valence-corrected chi connectivity index (χ0v) is 21.6. The van der Waals surface area contributed by atoms with Gasteiger partial charge in [0.05, 0.1) is 27.2 Å². The van der Waals surface area contributed by atoms with Crippen molar-refractivity contribution in [3.63, 3.8) is 0 Å². The first-order valence-electron chi connectivity index (χ1n) is 11.6. The number of aliphatic hydroxyl groups excluding tert-OH is 1. The number of carboxylic acid groups (broad SMARTS) is 1. The molecule has 0 aliphatic heterocycles. The molecule has 0 bridgehead atoms. The third-order valence-electron chi connectivity index (χ3n) is 5.75. The lowest BCUT2D eigenvalue weighted by Gasteiger charge is -2.42. The fraction of sp³-hybridized carbons (Fsp3) is 0.955. The number of aliphatic carboxylic acids is 1. The zero-order valence-electron chi connectivity index (χ0n) is 20.8. The van der Waals surface area contributed by atoms with Crippen molar-refractivity contribution < 1.29 is 32.1 Å². The number of hydrogen-bond donors (Lipinski definition) is 2. The molecule has 186 valence electrons. The van der Waals surface area contributed by atoms with Gasteiger partial charge < -0.3 is 14.7 Å². The molecule has 0 saturated heterocycles. The van der Waals surface area contributed by atoms with E-state index in [4.69, 9.17) is 4.18 Å². The number of aliphatic hydroxyl groups is 1. The number of carboxylic acids is 1. The van der Waals surface area contributed by atoms with E-state index in [9.17, 15) is 23.4 Å². The van der Waals surface area contributed by atoms with Gasteiger partial charge in [-0.3, -0.25) is 4.90 Å². The fourth-order valence-corrected chi connectivity index (χ4v) is 5.83. The molecule has 0 aromatic carbocycles. The smallest absolute Gasteiger partial charge is 0.381 e. The lowest BCUT2D eigenvalue weighted by atomic mass is 9.97. The molecule has 0 spiro atoms. The molecule has 8 nitrogen and oxygen atoms in total. The van der Waals surface area contributed by atoms with Gasteiger partial charge in [0.1, 0.15) is 0 Å². The average molecular weight is 468 g/mol. The summed E-state index contributed by atoms with van der Waals surface area (Å²) in [6, 6.07) is 0. The standard InChI is InChI=1S/C22H46N2O6S/c1-8-9-10-11-12-13-14-15-16-17-18-22(19(2)25,23(3)4)30-31(28,29)20(21(26)27)24(5,6)7/h19-20,25H,8-18H2,1-7H3/p+1. The van der Waals surface area contributed by atoms with Crippen molar-refractivity contribution >= 4 is 16.1 Å². The van der Waals surface area contributed by atoms with Crippen molar-refractivity contribution in [3.05, 3.63) is 0 Å². The first kappa shape index (κ1) is 30.3. The fourth-order valence-electron chi connectivity index (χ4n) is 3.95. The number of rotatable bonds is 18. The highest BCUT2D eigenvalue weighted by Gasteiger charge is 2.51. The van der Waals surface area contributed by atoms with Crippen molar-refractivity contribution in [2.24, 2.45) is 0 Å². The van der Waals surface area contributed by atoms with E-state index in [2.05, 4.69) is 6.92 Å². The van der Waals surface area contributed by atoms with Gasteiger partial charge in [-0.15, -0.1) is 0 Å². The van der Waals surface area contributed by atoms with Gasteiger partial charge in [0.15, 0.2) is 5.72 Å². The van der Waals surface area contributed by atoms with Gasteiger partial charge in [-0.1, -0.05) is 64.7 Å². The molecule has 0 radical (unpaired) electrons. The van der Waals surface area contributed by atoms with Gasteiger partial charge in [-0.05, 0) is 33.9 Å². The second kappa shape index (κ2) is 13.7. The van der Waals surface area contributed by atoms with Crippen LogP contribution < -0.4 is 0 Å². The molecule has 0 aromatic heterocycles.